The van der Waals surface area contributed by atoms with Crippen LogP contribution in [0.5, 0.6) is 5.75 Å². The number of imidazole rings is 1. The number of aromatic nitrogens is 2. The third-order valence-electron chi connectivity index (χ3n) is 4.24. The van der Waals surface area contributed by atoms with Crippen molar-refractivity contribution in [3.63, 3.8) is 0 Å². The number of nitrogens with two attached hydrogens (primary N) is 1. The van der Waals surface area contributed by atoms with Gasteiger partial charge in [0.05, 0.1) is 15.9 Å². The standard InChI is InChI=1S/C18H21N3O3S/c1-4-7-21-16-6-5-14(25(19,23)24)10-15(16)20-18(21)13-8-11(2)17(22)12(3)9-13/h5-6,8-10,22H,4,7H2,1-3H3,(H2,19,23,24). The Balaban J connectivity index is 2.29. The Morgan fingerprint density at radius 1 is 1.16 bits per heavy atom. The number of benzene rings is 2. The molecule has 0 amide bonds. The summed E-state index contributed by atoms with van der Waals surface area (Å²) >= 11 is 0. The minimum atomic E-state index is -3.78. The Hall–Kier alpha value is -2.38. The maximum absolute atomic E-state index is 11.6. The molecule has 0 spiro atoms. The zero-order chi connectivity index (χ0) is 18.4. The van der Waals surface area contributed by atoms with E-state index in [1.807, 2.05) is 26.0 Å². The molecule has 25 heavy (non-hydrogen) atoms. The van der Waals surface area contributed by atoms with Gasteiger partial charge >= 0.3 is 0 Å². The van der Waals surface area contributed by atoms with Crippen molar-refractivity contribution in [2.24, 2.45) is 5.14 Å². The first kappa shape index (κ1) is 17.4. The molecular weight excluding hydrogens is 338 g/mol. The fourth-order valence-corrected chi connectivity index (χ4v) is 3.58. The van der Waals surface area contributed by atoms with Crippen molar-refractivity contribution in [1.82, 2.24) is 9.55 Å². The molecule has 3 N–H and O–H groups in total. The van der Waals surface area contributed by atoms with E-state index < -0.39 is 10.0 Å². The summed E-state index contributed by atoms with van der Waals surface area (Å²) < 4.78 is 25.3. The van der Waals surface area contributed by atoms with Crippen LogP contribution < -0.4 is 5.14 Å². The molecule has 1 heterocycles. The second-order valence-electron chi connectivity index (χ2n) is 6.24. The number of primary sulfonamides is 1. The van der Waals surface area contributed by atoms with Gasteiger partial charge in [-0.25, -0.2) is 18.5 Å². The van der Waals surface area contributed by atoms with Gasteiger partial charge in [0.25, 0.3) is 0 Å². The summed E-state index contributed by atoms with van der Waals surface area (Å²) in [7, 11) is -3.78. The van der Waals surface area contributed by atoms with Gasteiger partial charge in [-0.15, -0.1) is 0 Å². The summed E-state index contributed by atoms with van der Waals surface area (Å²) in [6.45, 7) is 6.51. The number of fused-ring (bicyclic) bond motifs is 1. The smallest absolute Gasteiger partial charge is 0.238 e. The minimum Gasteiger partial charge on any atom is -0.507 e. The van der Waals surface area contributed by atoms with E-state index in [0.29, 0.717) is 5.52 Å². The minimum absolute atomic E-state index is 0.0470. The number of phenolic OH excluding ortho intramolecular Hbond substituents is 1. The molecule has 3 aromatic rings. The van der Waals surface area contributed by atoms with E-state index in [4.69, 9.17) is 5.14 Å². The average molecular weight is 359 g/mol. The van der Waals surface area contributed by atoms with Crippen molar-refractivity contribution in [1.29, 1.82) is 0 Å². The van der Waals surface area contributed by atoms with Gasteiger partial charge in [0.1, 0.15) is 11.6 Å². The number of nitrogens with zero attached hydrogens (tertiary/aromatic N) is 2. The summed E-state index contributed by atoms with van der Waals surface area (Å²) in [5.74, 6) is 1.02. The summed E-state index contributed by atoms with van der Waals surface area (Å²) in [6, 6.07) is 8.51. The van der Waals surface area contributed by atoms with Crippen molar-refractivity contribution in [3.05, 3.63) is 41.5 Å². The first-order valence-corrected chi connectivity index (χ1v) is 9.60. The van der Waals surface area contributed by atoms with Crippen LogP contribution in [-0.2, 0) is 16.6 Å². The number of hydrogen-bond acceptors (Lipinski definition) is 4. The lowest BCUT2D eigenvalue weighted by Gasteiger charge is -2.11. The molecule has 6 nitrogen and oxygen atoms in total. The number of aromatic hydroxyl groups is 1. The Morgan fingerprint density at radius 3 is 2.36 bits per heavy atom. The van der Waals surface area contributed by atoms with E-state index in [2.05, 4.69) is 16.5 Å². The van der Waals surface area contributed by atoms with E-state index in [0.717, 1.165) is 41.0 Å². The fourth-order valence-electron chi connectivity index (χ4n) is 3.04. The molecule has 3 rings (SSSR count). The highest BCUT2D eigenvalue weighted by Gasteiger charge is 2.17. The summed E-state index contributed by atoms with van der Waals surface area (Å²) in [4.78, 5) is 4.70. The van der Waals surface area contributed by atoms with E-state index in [1.165, 1.54) is 12.1 Å². The first-order chi connectivity index (χ1) is 11.7. The quantitative estimate of drug-likeness (QED) is 0.748. The Bertz CT molecular complexity index is 1050. The van der Waals surface area contributed by atoms with Crippen LogP contribution in [0.1, 0.15) is 24.5 Å². The van der Waals surface area contributed by atoms with Crippen LogP contribution in [0.15, 0.2) is 35.2 Å². The number of hydrogen-bond donors (Lipinski definition) is 2. The van der Waals surface area contributed by atoms with Gasteiger partial charge in [0.2, 0.25) is 10.0 Å². The molecule has 1 aromatic heterocycles. The molecule has 0 saturated carbocycles. The predicted molar refractivity (Wildman–Crippen MR) is 98.0 cm³/mol. The predicted octanol–water partition coefficient (Wildman–Crippen LogP) is 3.08. The highest BCUT2D eigenvalue weighted by molar-refractivity contribution is 7.89. The van der Waals surface area contributed by atoms with Crippen LogP contribution in [0.3, 0.4) is 0 Å². The highest BCUT2D eigenvalue weighted by Crippen LogP contribution is 2.31. The van der Waals surface area contributed by atoms with E-state index in [1.54, 1.807) is 6.07 Å². The number of aryl methyl sites for hydroxylation is 3. The second kappa shape index (κ2) is 6.16. The third-order valence-corrected chi connectivity index (χ3v) is 5.16. The van der Waals surface area contributed by atoms with Crippen LogP contribution in [0.25, 0.3) is 22.4 Å². The van der Waals surface area contributed by atoms with Crippen molar-refractivity contribution >= 4 is 21.1 Å². The zero-order valence-corrected chi connectivity index (χ0v) is 15.3. The topological polar surface area (TPSA) is 98.2 Å². The molecule has 2 aromatic carbocycles. The molecular formula is C18H21N3O3S. The fraction of sp³-hybridized carbons (Fsp3) is 0.278. The van der Waals surface area contributed by atoms with E-state index in [9.17, 15) is 13.5 Å². The molecule has 0 aliphatic rings. The summed E-state index contributed by atoms with van der Waals surface area (Å²) in [5, 5.41) is 15.2. The summed E-state index contributed by atoms with van der Waals surface area (Å²) in [6.07, 6.45) is 0.908. The van der Waals surface area contributed by atoms with Gasteiger partial charge in [-0.3, -0.25) is 0 Å². The van der Waals surface area contributed by atoms with E-state index in [-0.39, 0.29) is 10.6 Å². The average Bonchev–Trinajstić information content (AvgIpc) is 2.90. The lowest BCUT2D eigenvalue weighted by Crippen LogP contribution is -2.11. The highest BCUT2D eigenvalue weighted by atomic mass is 32.2. The molecule has 0 atom stereocenters. The Morgan fingerprint density at radius 2 is 1.80 bits per heavy atom. The van der Waals surface area contributed by atoms with Gasteiger partial charge < -0.3 is 9.67 Å². The molecule has 0 fully saturated rings. The maximum atomic E-state index is 11.6. The van der Waals surface area contributed by atoms with Crippen molar-refractivity contribution < 1.29 is 13.5 Å². The number of phenols is 1. The van der Waals surface area contributed by atoms with Crippen molar-refractivity contribution in [2.45, 2.75) is 38.6 Å². The molecule has 0 saturated heterocycles. The van der Waals surface area contributed by atoms with Gasteiger partial charge in [0, 0.05) is 12.1 Å². The number of sulfonamides is 1. The van der Waals surface area contributed by atoms with Crippen LogP contribution >= 0.6 is 0 Å². The van der Waals surface area contributed by atoms with Crippen LogP contribution in [-0.4, -0.2) is 23.1 Å². The Labute approximate surface area is 147 Å². The van der Waals surface area contributed by atoms with E-state index >= 15 is 0 Å². The molecule has 7 heteroatoms. The summed E-state index contributed by atoms with van der Waals surface area (Å²) in [5.41, 5.74) is 3.87. The van der Waals surface area contributed by atoms with Crippen molar-refractivity contribution in [3.8, 4) is 17.1 Å². The lowest BCUT2D eigenvalue weighted by molar-refractivity contribution is 0.467. The molecule has 0 unspecified atom stereocenters. The van der Waals surface area contributed by atoms with Crippen LogP contribution in [0, 0.1) is 13.8 Å². The van der Waals surface area contributed by atoms with Gasteiger partial charge in [-0.05, 0) is 61.7 Å². The Kier molecular flexibility index (Phi) is 4.30. The van der Waals surface area contributed by atoms with Crippen LogP contribution in [0.2, 0.25) is 0 Å². The zero-order valence-electron chi connectivity index (χ0n) is 14.4. The van der Waals surface area contributed by atoms with Gasteiger partial charge in [-0.2, -0.15) is 0 Å². The van der Waals surface area contributed by atoms with Crippen molar-refractivity contribution in [2.75, 3.05) is 0 Å². The molecule has 0 aliphatic carbocycles. The molecule has 0 bridgehead atoms. The third kappa shape index (κ3) is 3.12. The molecule has 0 radical (unpaired) electrons. The second-order valence-corrected chi connectivity index (χ2v) is 7.80. The monoisotopic (exact) mass is 359 g/mol. The van der Waals surface area contributed by atoms with Crippen LogP contribution in [0.4, 0.5) is 0 Å². The normalized spacial score (nSPS) is 12.0. The van der Waals surface area contributed by atoms with Gasteiger partial charge in [-0.1, -0.05) is 6.92 Å². The van der Waals surface area contributed by atoms with Gasteiger partial charge in [0.15, 0.2) is 0 Å². The largest absolute Gasteiger partial charge is 0.507 e. The molecule has 0 aliphatic heterocycles. The number of rotatable bonds is 4. The lowest BCUT2D eigenvalue weighted by atomic mass is 10.1. The molecule has 132 valence electrons. The maximum Gasteiger partial charge on any atom is 0.238 e. The SMILES string of the molecule is CCCn1c(-c2cc(C)c(O)c(C)c2)nc2cc(S(N)(=O)=O)ccc21. The first-order valence-electron chi connectivity index (χ1n) is 8.06.